The summed E-state index contributed by atoms with van der Waals surface area (Å²) in [6.45, 7) is 7.65. The molecule has 8 nitrogen and oxygen atoms in total. The lowest BCUT2D eigenvalue weighted by molar-refractivity contribution is 0.0740. The van der Waals surface area contributed by atoms with E-state index in [1.807, 2.05) is 30.2 Å². The zero-order chi connectivity index (χ0) is 23.8. The molecule has 1 aromatic carbocycles. The maximum absolute atomic E-state index is 12.0. The Morgan fingerprint density at radius 3 is 2.27 bits per heavy atom. The molecule has 1 aliphatic rings. The van der Waals surface area contributed by atoms with Crippen LogP contribution in [0.3, 0.4) is 0 Å². The van der Waals surface area contributed by atoms with Gasteiger partial charge in [-0.05, 0) is 56.1 Å². The fourth-order valence-electron chi connectivity index (χ4n) is 4.32. The third kappa shape index (κ3) is 5.87. The number of nitrogens with zero attached hydrogens (tertiary/aromatic N) is 3. The minimum absolute atomic E-state index is 0.205. The lowest BCUT2D eigenvalue weighted by Gasteiger charge is -2.37. The Morgan fingerprint density at radius 1 is 1.06 bits per heavy atom. The first-order chi connectivity index (χ1) is 16.0. The van der Waals surface area contributed by atoms with E-state index in [1.165, 1.54) is 5.56 Å². The third-order valence-corrected chi connectivity index (χ3v) is 6.08. The number of aromatic nitrogens is 1. The van der Waals surface area contributed by atoms with Gasteiger partial charge in [-0.25, -0.2) is 4.79 Å². The van der Waals surface area contributed by atoms with Gasteiger partial charge < -0.3 is 23.8 Å². The lowest BCUT2D eigenvalue weighted by Crippen LogP contribution is -2.46. The highest BCUT2D eigenvalue weighted by atomic mass is 16.6. The van der Waals surface area contributed by atoms with Gasteiger partial charge in [0, 0.05) is 37.4 Å². The van der Waals surface area contributed by atoms with Crippen molar-refractivity contribution in [2.75, 3.05) is 47.6 Å². The van der Waals surface area contributed by atoms with E-state index in [0.717, 1.165) is 50.3 Å². The van der Waals surface area contributed by atoms with E-state index < -0.39 is 0 Å². The van der Waals surface area contributed by atoms with Crippen molar-refractivity contribution in [2.24, 2.45) is 0 Å². The van der Waals surface area contributed by atoms with Crippen LogP contribution in [0.5, 0.6) is 17.2 Å². The van der Waals surface area contributed by atoms with E-state index in [9.17, 15) is 4.79 Å². The van der Waals surface area contributed by atoms with Gasteiger partial charge in [0.25, 0.3) is 0 Å². The second-order valence-corrected chi connectivity index (χ2v) is 7.94. The molecule has 1 amide bonds. The van der Waals surface area contributed by atoms with Crippen LogP contribution in [0.15, 0.2) is 30.5 Å². The standard InChI is InChI=1S/C25H35N3O5/c1-6-27(20-9-12-28(13-10-20)25(29)33-7-2)17-18-8-11-26-21(14-18)19-15-22(30-3)24(32-5)23(16-19)31-4/h8,11,14-16,20H,6-7,9-10,12-13,17H2,1-5H3. The van der Waals surface area contributed by atoms with Crippen LogP contribution >= 0.6 is 0 Å². The Hall–Kier alpha value is -3.00. The molecular weight excluding hydrogens is 422 g/mol. The second kappa shape index (κ2) is 11.7. The number of hydrogen-bond acceptors (Lipinski definition) is 7. The number of rotatable bonds is 9. The van der Waals surface area contributed by atoms with Crippen LogP contribution in [0, 0.1) is 0 Å². The monoisotopic (exact) mass is 457 g/mol. The van der Waals surface area contributed by atoms with E-state index in [-0.39, 0.29) is 6.09 Å². The van der Waals surface area contributed by atoms with Gasteiger partial charge in [0.1, 0.15) is 0 Å². The van der Waals surface area contributed by atoms with E-state index in [1.54, 1.807) is 21.3 Å². The third-order valence-electron chi connectivity index (χ3n) is 6.08. The molecule has 0 N–H and O–H groups in total. The average Bonchev–Trinajstić information content (AvgIpc) is 2.86. The van der Waals surface area contributed by atoms with Gasteiger partial charge in [0.2, 0.25) is 5.75 Å². The van der Waals surface area contributed by atoms with Gasteiger partial charge >= 0.3 is 6.09 Å². The number of carbonyl (C=O) groups is 1. The molecule has 0 saturated carbocycles. The fourth-order valence-corrected chi connectivity index (χ4v) is 4.32. The highest BCUT2D eigenvalue weighted by Gasteiger charge is 2.27. The van der Waals surface area contributed by atoms with Gasteiger partial charge in [0.15, 0.2) is 11.5 Å². The Bertz CT molecular complexity index is 903. The van der Waals surface area contributed by atoms with E-state index >= 15 is 0 Å². The molecule has 0 spiro atoms. The minimum atomic E-state index is -0.205. The molecule has 3 rings (SSSR count). The quantitative estimate of drug-likeness (QED) is 0.558. The van der Waals surface area contributed by atoms with Gasteiger partial charge in [-0.15, -0.1) is 0 Å². The predicted octanol–water partition coefficient (Wildman–Crippen LogP) is 4.22. The zero-order valence-electron chi connectivity index (χ0n) is 20.3. The first kappa shape index (κ1) is 24.6. The molecule has 1 aliphatic heterocycles. The van der Waals surface area contributed by atoms with E-state index in [4.69, 9.17) is 18.9 Å². The second-order valence-electron chi connectivity index (χ2n) is 7.94. The Morgan fingerprint density at radius 2 is 1.73 bits per heavy atom. The summed E-state index contributed by atoms with van der Waals surface area (Å²) in [7, 11) is 4.81. The fraction of sp³-hybridized carbons (Fsp3) is 0.520. The summed E-state index contributed by atoms with van der Waals surface area (Å²) in [6, 6.07) is 8.42. The van der Waals surface area contributed by atoms with Crippen molar-refractivity contribution < 1.29 is 23.7 Å². The largest absolute Gasteiger partial charge is 0.493 e. The Kier molecular flexibility index (Phi) is 8.77. The zero-order valence-corrected chi connectivity index (χ0v) is 20.3. The molecule has 2 heterocycles. The van der Waals surface area contributed by atoms with Crippen LogP contribution in [-0.2, 0) is 11.3 Å². The molecule has 180 valence electrons. The van der Waals surface area contributed by atoms with Crippen molar-refractivity contribution in [1.29, 1.82) is 0 Å². The summed E-state index contributed by atoms with van der Waals surface area (Å²) in [5.74, 6) is 1.76. The van der Waals surface area contributed by atoms with E-state index in [0.29, 0.717) is 29.9 Å². The molecule has 1 fully saturated rings. The SMILES string of the molecule is CCOC(=O)N1CCC(N(CC)Cc2ccnc(-c3cc(OC)c(OC)c(OC)c3)c2)CC1. The topological polar surface area (TPSA) is 73.4 Å². The van der Waals surface area contributed by atoms with Crippen molar-refractivity contribution in [3.8, 4) is 28.5 Å². The number of piperidine rings is 1. The summed E-state index contributed by atoms with van der Waals surface area (Å²) in [5.41, 5.74) is 2.93. The first-order valence-electron chi connectivity index (χ1n) is 11.5. The Labute approximate surface area is 196 Å². The maximum atomic E-state index is 12.0. The number of amides is 1. The van der Waals surface area contributed by atoms with Crippen molar-refractivity contribution in [3.63, 3.8) is 0 Å². The van der Waals surface area contributed by atoms with Crippen LogP contribution in [-0.4, -0.2) is 74.5 Å². The number of carbonyl (C=O) groups excluding carboxylic acids is 1. The molecule has 33 heavy (non-hydrogen) atoms. The lowest BCUT2D eigenvalue weighted by atomic mass is 10.0. The van der Waals surface area contributed by atoms with Crippen molar-refractivity contribution >= 4 is 6.09 Å². The molecule has 1 aromatic heterocycles. The first-order valence-corrected chi connectivity index (χ1v) is 11.5. The molecule has 0 bridgehead atoms. The van der Waals surface area contributed by atoms with Gasteiger partial charge in [0.05, 0.1) is 33.6 Å². The number of ether oxygens (including phenoxy) is 4. The minimum Gasteiger partial charge on any atom is -0.493 e. The maximum Gasteiger partial charge on any atom is 0.409 e. The molecular formula is C25H35N3O5. The molecule has 0 aliphatic carbocycles. The molecule has 1 saturated heterocycles. The summed E-state index contributed by atoms with van der Waals surface area (Å²) in [4.78, 5) is 20.9. The van der Waals surface area contributed by atoms with Gasteiger partial charge in [-0.1, -0.05) is 6.92 Å². The van der Waals surface area contributed by atoms with Crippen LogP contribution in [0.2, 0.25) is 0 Å². The molecule has 0 radical (unpaired) electrons. The van der Waals surface area contributed by atoms with Crippen molar-refractivity contribution in [2.45, 2.75) is 39.3 Å². The van der Waals surface area contributed by atoms with E-state index in [2.05, 4.69) is 28.9 Å². The number of hydrogen-bond donors (Lipinski definition) is 0. The van der Waals surface area contributed by atoms with Gasteiger partial charge in [-0.3, -0.25) is 9.88 Å². The van der Waals surface area contributed by atoms with Crippen LogP contribution < -0.4 is 14.2 Å². The van der Waals surface area contributed by atoms with Gasteiger partial charge in [-0.2, -0.15) is 0 Å². The molecule has 8 heteroatoms. The highest BCUT2D eigenvalue weighted by Crippen LogP contribution is 2.40. The number of pyridine rings is 1. The molecule has 2 aromatic rings. The summed E-state index contributed by atoms with van der Waals surface area (Å²) in [6.07, 6.45) is 3.52. The smallest absolute Gasteiger partial charge is 0.409 e. The summed E-state index contributed by atoms with van der Waals surface area (Å²) >= 11 is 0. The normalized spacial score (nSPS) is 14.3. The molecule has 0 atom stereocenters. The number of likely N-dealkylation sites (tertiary alicyclic amines) is 1. The summed E-state index contributed by atoms with van der Waals surface area (Å²) < 4.78 is 21.6. The van der Waals surface area contributed by atoms with Crippen molar-refractivity contribution in [3.05, 3.63) is 36.0 Å². The molecule has 0 unspecified atom stereocenters. The van der Waals surface area contributed by atoms with Crippen molar-refractivity contribution in [1.82, 2.24) is 14.8 Å². The number of methoxy groups -OCH3 is 3. The highest BCUT2D eigenvalue weighted by molar-refractivity contribution is 5.69. The Balaban J connectivity index is 1.74. The average molecular weight is 458 g/mol. The van der Waals surface area contributed by atoms with Crippen LogP contribution in [0.1, 0.15) is 32.3 Å². The number of benzene rings is 1. The van der Waals surface area contributed by atoms with Crippen LogP contribution in [0.25, 0.3) is 11.3 Å². The summed E-state index contributed by atoms with van der Waals surface area (Å²) in [5, 5.41) is 0. The predicted molar refractivity (Wildman–Crippen MR) is 127 cm³/mol. The van der Waals surface area contributed by atoms with Crippen LogP contribution in [0.4, 0.5) is 4.79 Å².